The summed E-state index contributed by atoms with van der Waals surface area (Å²) in [6, 6.07) is 5.95. The van der Waals surface area contributed by atoms with Crippen molar-refractivity contribution in [1.29, 1.82) is 0 Å². The molecule has 0 aromatic carbocycles. The van der Waals surface area contributed by atoms with E-state index >= 15 is 0 Å². The second-order valence-electron chi connectivity index (χ2n) is 9.47. The third kappa shape index (κ3) is 5.75. The molecule has 198 valence electrons. The SMILES string of the molecule is CCn1cc(-c2cccc(C(=O)Nc3cc(N4C[C@@H](C(C)(C)O)[C@H](OC)C4)cnc3C(F)(F)F)n2)cn1. The lowest BCUT2D eigenvalue weighted by Gasteiger charge is -2.29. The lowest BCUT2D eigenvalue weighted by atomic mass is 9.88. The van der Waals surface area contributed by atoms with Crippen LogP contribution in [0.5, 0.6) is 0 Å². The number of hydrogen-bond acceptors (Lipinski definition) is 7. The highest BCUT2D eigenvalue weighted by Crippen LogP contribution is 2.38. The number of rotatable bonds is 7. The predicted molar refractivity (Wildman–Crippen MR) is 131 cm³/mol. The average molecular weight is 519 g/mol. The predicted octanol–water partition coefficient (Wildman–Crippen LogP) is 3.85. The molecular weight excluding hydrogens is 489 g/mol. The molecule has 0 spiro atoms. The van der Waals surface area contributed by atoms with Gasteiger partial charge in [-0.1, -0.05) is 6.07 Å². The van der Waals surface area contributed by atoms with Gasteiger partial charge in [0.25, 0.3) is 5.91 Å². The molecule has 0 bridgehead atoms. The summed E-state index contributed by atoms with van der Waals surface area (Å²) in [5, 5.41) is 17.0. The summed E-state index contributed by atoms with van der Waals surface area (Å²) in [6.45, 7) is 6.60. The Labute approximate surface area is 212 Å². The fraction of sp³-hybridized carbons (Fsp3) is 0.440. The zero-order valence-electron chi connectivity index (χ0n) is 21.0. The van der Waals surface area contributed by atoms with Crippen molar-refractivity contribution in [3.63, 3.8) is 0 Å². The molecule has 0 unspecified atom stereocenters. The van der Waals surface area contributed by atoms with E-state index in [0.717, 1.165) is 6.20 Å². The Morgan fingerprint density at radius 3 is 2.59 bits per heavy atom. The van der Waals surface area contributed by atoms with E-state index < -0.39 is 29.1 Å². The number of methoxy groups -OCH3 is 1. The van der Waals surface area contributed by atoms with Crippen LogP contribution in [-0.2, 0) is 17.5 Å². The zero-order valence-corrected chi connectivity index (χ0v) is 21.0. The summed E-state index contributed by atoms with van der Waals surface area (Å²) < 4.78 is 48.5. The number of ether oxygens (including phenoxy) is 1. The number of aliphatic hydroxyl groups is 1. The van der Waals surface area contributed by atoms with Crippen LogP contribution in [0.1, 0.15) is 37.0 Å². The summed E-state index contributed by atoms with van der Waals surface area (Å²) in [5.41, 5.74) is -1.30. The van der Waals surface area contributed by atoms with Crippen molar-refractivity contribution >= 4 is 17.3 Å². The zero-order chi connectivity index (χ0) is 27.0. The molecular formula is C25H29F3N6O3. The first-order valence-corrected chi connectivity index (χ1v) is 11.8. The summed E-state index contributed by atoms with van der Waals surface area (Å²) in [4.78, 5) is 22.7. The first-order valence-electron chi connectivity index (χ1n) is 11.8. The van der Waals surface area contributed by atoms with Gasteiger partial charge >= 0.3 is 6.18 Å². The number of carbonyl (C=O) groups is 1. The molecule has 1 aliphatic rings. The fourth-order valence-electron chi connectivity index (χ4n) is 4.43. The first kappa shape index (κ1) is 26.6. The van der Waals surface area contributed by atoms with E-state index in [1.165, 1.54) is 19.2 Å². The molecule has 1 aliphatic heterocycles. The summed E-state index contributed by atoms with van der Waals surface area (Å²) in [7, 11) is 1.53. The van der Waals surface area contributed by atoms with Crippen LogP contribution in [0.2, 0.25) is 0 Å². The Morgan fingerprint density at radius 2 is 2.00 bits per heavy atom. The smallest absolute Gasteiger partial charge is 0.390 e. The number of anilines is 2. The lowest BCUT2D eigenvalue weighted by molar-refractivity contribution is -0.140. The number of hydrogen-bond donors (Lipinski definition) is 2. The molecule has 4 rings (SSSR count). The van der Waals surface area contributed by atoms with Gasteiger partial charge in [-0.3, -0.25) is 9.48 Å². The highest BCUT2D eigenvalue weighted by Gasteiger charge is 2.42. The van der Waals surface area contributed by atoms with Crippen molar-refractivity contribution in [2.24, 2.45) is 5.92 Å². The topological polar surface area (TPSA) is 105 Å². The van der Waals surface area contributed by atoms with Crippen LogP contribution in [-0.4, -0.2) is 62.7 Å². The fourth-order valence-corrected chi connectivity index (χ4v) is 4.43. The summed E-state index contributed by atoms with van der Waals surface area (Å²) >= 11 is 0. The van der Waals surface area contributed by atoms with Gasteiger partial charge in [0, 0.05) is 44.4 Å². The Hall–Kier alpha value is -3.51. The van der Waals surface area contributed by atoms with Crippen molar-refractivity contribution in [3.8, 4) is 11.3 Å². The molecule has 4 heterocycles. The molecule has 12 heteroatoms. The minimum absolute atomic E-state index is 0.0528. The molecule has 0 radical (unpaired) electrons. The van der Waals surface area contributed by atoms with E-state index in [0.29, 0.717) is 36.6 Å². The highest BCUT2D eigenvalue weighted by molar-refractivity contribution is 6.03. The minimum Gasteiger partial charge on any atom is -0.390 e. The molecule has 2 atom stereocenters. The van der Waals surface area contributed by atoms with Gasteiger partial charge in [0.15, 0.2) is 5.69 Å². The van der Waals surface area contributed by atoms with Crippen LogP contribution in [0.25, 0.3) is 11.3 Å². The van der Waals surface area contributed by atoms with E-state index in [1.807, 2.05) is 6.92 Å². The van der Waals surface area contributed by atoms with Crippen molar-refractivity contribution in [3.05, 3.63) is 54.2 Å². The monoisotopic (exact) mass is 518 g/mol. The largest absolute Gasteiger partial charge is 0.435 e. The highest BCUT2D eigenvalue weighted by atomic mass is 19.4. The van der Waals surface area contributed by atoms with Gasteiger partial charge in [0.1, 0.15) is 5.69 Å². The molecule has 3 aromatic rings. The molecule has 2 N–H and O–H groups in total. The van der Waals surface area contributed by atoms with Crippen LogP contribution >= 0.6 is 0 Å². The maximum absolute atomic E-state index is 13.8. The molecule has 3 aromatic heterocycles. The van der Waals surface area contributed by atoms with Gasteiger partial charge in [-0.2, -0.15) is 18.3 Å². The number of aryl methyl sites for hydroxylation is 1. The van der Waals surface area contributed by atoms with Gasteiger partial charge in [0.05, 0.1) is 41.2 Å². The molecule has 9 nitrogen and oxygen atoms in total. The van der Waals surface area contributed by atoms with Gasteiger partial charge in [-0.25, -0.2) is 9.97 Å². The number of nitrogens with one attached hydrogen (secondary N) is 1. The number of carbonyl (C=O) groups excluding carboxylic acids is 1. The third-order valence-electron chi connectivity index (χ3n) is 6.47. The lowest BCUT2D eigenvalue weighted by Crippen LogP contribution is -2.39. The van der Waals surface area contributed by atoms with Gasteiger partial charge < -0.3 is 20.1 Å². The van der Waals surface area contributed by atoms with Crippen LogP contribution in [0.3, 0.4) is 0 Å². The van der Waals surface area contributed by atoms with Crippen molar-refractivity contribution in [2.45, 2.75) is 45.2 Å². The molecule has 37 heavy (non-hydrogen) atoms. The molecule has 0 aliphatic carbocycles. The normalized spacial score (nSPS) is 18.3. The number of amides is 1. The third-order valence-corrected chi connectivity index (χ3v) is 6.47. The number of aromatic nitrogens is 4. The van der Waals surface area contributed by atoms with Crippen LogP contribution < -0.4 is 10.2 Å². The quantitative estimate of drug-likeness (QED) is 0.490. The van der Waals surface area contributed by atoms with Crippen LogP contribution in [0, 0.1) is 5.92 Å². The standard InChI is InChI=1S/C25H29F3N6O3/c1-5-34-12-15(10-30-34)18-7-6-8-19(31-18)23(35)32-20-9-16(11-29-22(20)25(26,27)28)33-13-17(24(2,3)36)21(14-33)37-4/h6-12,17,21,36H,5,13-14H2,1-4H3,(H,32,35)/t17-,21-/m1/s1. The number of nitrogens with zero attached hydrogens (tertiary/aromatic N) is 5. The Balaban J connectivity index is 1.63. The Morgan fingerprint density at radius 1 is 1.24 bits per heavy atom. The second-order valence-corrected chi connectivity index (χ2v) is 9.47. The van der Waals surface area contributed by atoms with Crippen molar-refractivity contribution in [1.82, 2.24) is 19.7 Å². The van der Waals surface area contributed by atoms with E-state index in [9.17, 15) is 23.1 Å². The van der Waals surface area contributed by atoms with E-state index in [4.69, 9.17) is 4.74 Å². The minimum atomic E-state index is -4.79. The Kier molecular flexibility index (Phi) is 7.24. The summed E-state index contributed by atoms with van der Waals surface area (Å²) in [6.07, 6.45) is -0.635. The second kappa shape index (κ2) is 10.1. The average Bonchev–Trinajstić information content (AvgIpc) is 3.51. The maximum atomic E-state index is 13.8. The molecule has 0 saturated carbocycles. The number of halogens is 3. The molecule has 1 amide bonds. The van der Waals surface area contributed by atoms with Gasteiger partial charge in [-0.15, -0.1) is 0 Å². The molecule has 1 fully saturated rings. The molecule has 1 saturated heterocycles. The first-order chi connectivity index (χ1) is 17.4. The van der Waals surface area contributed by atoms with Crippen LogP contribution in [0.15, 0.2) is 42.9 Å². The van der Waals surface area contributed by atoms with Crippen molar-refractivity contribution < 1.29 is 27.8 Å². The Bertz CT molecular complexity index is 1270. The van der Waals surface area contributed by atoms with E-state index in [1.54, 1.807) is 48.0 Å². The van der Waals surface area contributed by atoms with Crippen molar-refractivity contribution in [2.75, 3.05) is 30.4 Å². The van der Waals surface area contributed by atoms with E-state index in [-0.39, 0.29) is 17.7 Å². The maximum Gasteiger partial charge on any atom is 0.435 e. The van der Waals surface area contributed by atoms with E-state index in [2.05, 4.69) is 20.4 Å². The van der Waals surface area contributed by atoms with Gasteiger partial charge in [-0.05, 0) is 39.0 Å². The summed E-state index contributed by atoms with van der Waals surface area (Å²) in [5.74, 6) is -1.08. The van der Waals surface area contributed by atoms with Crippen LogP contribution in [0.4, 0.5) is 24.5 Å². The number of pyridine rings is 2. The number of alkyl halides is 3. The van der Waals surface area contributed by atoms with Gasteiger partial charge in [0.2, 0.25) is 0 Å².